The lowest BCUT2D eigenvalue weighted by atomic mass is 9.78. The van der Waals surface area contributed by atoms with Crippen LogP contribution in [0.1, 0.15) is 24.6 Å². The van der Waals surface area contributed by atoms with Gasteiger partial charge in [0.2, 0.25) is 0 Å². The van der Waals surface area contributed by atoms with Gasteiger partial charge in [-0.1, -0.05) is 24.3 Å². The highest BCUT2D eigenvalue weighted by atomic mass is 32.1. The monoisotopic (exact) mass is 404 g/mol. The molecule has 0 bridgehead atoms. The molecule has 7 heteroatoms. The van der Waals surface area contributed by atoms with Crippen LogP contribution in [0.3, 0.4) is 0 Å². The standard InChI is InChI=1S/C21H24O6S/c1-3-7-15-19(18(23)16(22)11-21(15,25)20(24)26-4-2)27-12-14-10-13-8-5-6-9-17(13)28-14/h3,5-6,8-10,16,18,22-23,25H,1,4,7,11-12H2,2H3/t16-,18+,21-/m1/s1. The number of esters is 1. The van der Waals surface area contributed by atoms with E-state index in [4.69, 9.17) is 9.47 Å². The Labute approximate surface area is 167 Å². The minimum atomic E-state index is -2.07. The van der Waals surface area contributed by atoms with E-state index in [1.807, 2.05) is 30.3 Å². The zero-order valence-corrected chi connectivity index (χ0v) is 16.4. The van der Waals surface area contributed by atoms with Crippen LogP contribution in [0.5, 0.6) is 0 Å². The molecule has 0 amide bonds. The molecule has 3 N–H and O–H groups in total. The van der Waals surface area contributed by atoms with Gasteiger partial charge in [0.15, 0.2) is 5.60 Å². The van der Waals surface area contributed by atoms with Crippen molar-refractivity contribution in [3.05, 3.63) is 59.2 Å². The molecule has 28 heavy (non-hydrogen) atoms. The number of hydrogen-bond donors (Lipinski definition) is 3. The lowest BCUT2D eigenvalue weighted by molar-refractivity contribution is -0.168. The maximum absolute atomic E-state index is 12.4. The minimum Gasteiger partial charge on any atom is -0.489 e. The lowest BCUT2D eigenvalue weighted by Gasteiger charge is -2.38. The van der Waals surface area contributed by atoms with E-state index in [2.05, 4.69) is 6.58 Å². The number of aliphatic hydroxyl groups is 3. The van der Waals surface area contributed by atoms with Crippen LogP contribution < -0.4 is 0 Å². The van der Waals surface area contributed by atoms with E-state index in [0.717, 1.165) is 15.0 Å². The summed E-state index contributed by atoms with van der Waals surface area (Å²) < 4.78 is 11.9. The highest BCUT2D eigenvalue weighted by Crippen LogP contribution is 2.39. The van der Waals surface area contributed by atoms with Gasteiger partial charge in [-0.25, -0.2) is 4.79 Å². The molecular formula is C21H24O6S. The van der Waals surface area contributed by atoms with Crippen molar-refractivity contribution >= 4 is 27.4 Å². The molecule has 0 saturated heterocycles. The molecule has 0 unspecified atom stereocenters. The smallest absolute Gasteiger partial charge is 0.342 e. The van der Waals surface area contributed by atoms with Gasteiger partial charge in [-0.3, -0.25) is 0 Å². The van der Waals surface area contributed by atoms with Gasteiger partial charge in [0.25, 0.3) is 0 Å². The number of thiophene rings is 1. The van der Waals surface area contributed by atoms with Crippen LogP contribution in [0.25, 0.3) is 10.1 Å². The molecule has 1 aromatic heterocycles. The average Bonchev–Trinajstić information content (AvgIpc) is 3.09. The maximum atomic E-state index is 12.4. The van der Waals surface area contributed by atoms with Crippen molar-refractivity contribution in [1.82, 2.24) is 0 Å². The Morgan fingerprint density at radius 2 is 2.14 bits per heavy atom. The predicted octanol–water partition coefficient (Wildman–Crippen LogP) is 2.67. The molecule has 1 aliphatic rings. The Morgan fingerprint density at radius 3 is 2.82 bits per heavy atom. The number of carbonyl (C=O) groups is 1. The van der Waals surface area contributed by atoms with Crippen LogP contribution >= 0.6 is 11.3 Å². The second-order valence-electron chi connectivity index (χ2n) is 6.67. The summed E-state index contributed by atoms with van der Waals surface area (Å²) in [6, 6.07) is 9.89. The van der Waals surface area contributed by atoms with Gasteiger partial charge in [-0.15, -0.1) is 17.9 Å². The van der Waals surface area contributed by atoms with Gasteiger partial charge in [0, 0.05) is 21.6 Å². The first-order valence-corrected chi connectivity index (χ1v) is 9.92. The molecule has 0 radical (unpaired) electrons. The topological polar surface area (TPSA) is 96.2 Å². The summed E-state index contributed by atoms with van der Waals surface area (Å²) >= 11 is 1.55. The fourth-order valence-electron chi connectivity index (χ4n) is 3.39. The molecule has 0 saturated carbocycles. The third-order valence-electron chi connectivity index (χ3n) is 4.74. The Morgan fingerprint density at radius 1 is 1.39 bits per heavy atom. The molecule has 2 aromatic rings. The third-order valence-corrected chi connectivity index (χ3v) is 5.83. The Kier molecular flexibility index (Phi) is 6.20. The molecule has 3 rings (SSSR count). The molecule has 6 nitrogen and oxygen atoms in total. The summed E-state index contributed by atoms with van der Waals surface area (Å²) in [5, 5.41) is 32.8. The van der Waals surface area contributed by atoms with E-state index in [1.165, 1.54) is 6.08 Å². The molecular weight excluding hydrogens is 380 g/mol. The zero-order chi connectivity index (χ0) is 20.3. The van der Waals surface area contributed by atoms with Gasteiger partial charge in [-0.05, 0) is 30.9 Å². The summed E-state index contributed by atoms with van der Waals surface area (Å²) in [5.41, 5.74) is -1.90. The molecule has 1 aromatic carbocycles. The number of aliphatic hydroxyl groups excluding tert-OH is 2. The van der Waals surface area contributed by atoms with Crippen molar-refractivity contribution in [3.63, 3.8) is 0 Å². The van der Waals surface area contributed by atoms with E-state index >= 15 is 0 Å². The third kappa shape index (κ3) is 3.84. The van der Waals surface area contributed by atoms with Gasteiger partial charge in [0.05, 0.1) is 12.7 Å². The highest BCUT2D eigenvalue weighted by molar-refractivity contribution is 7.19. The number of benzene rings is 1. The fourth-order valence-corrected chi connectivity index (χ4v) is 4.37. The van der Waals surface area contributed by atoms with Crippen molar-refractivity contribution < 1.29 is 29.6 Å². The second kappa shape index (κ2) is 8.45. The van der Waals surface area contributed by atoms with Crippen LogP contribution in [-0.4, -0.2) is 45.7 Å². The molecule has 3 atom stereocenters. The SMILES string of the molecule is C=CCC1=C(OCc2cc3ccccc3s2)[C@@H](O)[C@H](O)C[C@]1(O)C(=O)OCC. The number of ether oxygens (including phenoxy) is 2. The quantitative estimate of drug-likeness (QED) is 0.485. The Hall–Kier alpha value is -2.19. The summed E-state index contributed by atoms with van der Waals surface area (Å²) in [6.45, 7) is 5.51. The van der Waals surface area contributed by atoms with Gasteiger partial charge in [0.1, 0.15) is 18.5 Å². The summed E-state index contributed by atoms with van der Waals surface area (Å²) in [4.78, 5) is 13.3. The highest BCUT2D eigenvalue weighted by Gasteiger charge is 2.51. The normalized spacial score (nSPS) is 25.0. The number of carbonyl (C=O) groups excluding carboxylic acids is 1. The second-order valence-corrected chi connectivity index (χ2v) is 7.84. The van der Waals surface area contributed by atoms with Gasteiger partial charge >= 0.3 is 5.97 Å². The van der Waals surface area contributed by atoms with E-state index in [9.17, 15) is 20.1 Å². The van der Waals surface area contributed by atoms with E-state index in [-0.39, 0.29) is 37.4 Å². The van der Waals surface area contributed by atoms with Crippen LogP contribution in [0, 0.1) is 0 Å². The number of allylic oxidation sites excluding steroid dienone is 1. The number of rotatable bonds is 7. The largest absolute Gasteiger partial charge is 0.489 e. The first-order chi connectivity index (χ1) is 13.4. The average molecular weight is 404 g/mol. The van der Waals surface area contributed by atoms with Crippen LogP contribution in [0.4, 0.5) is 0 Å². The fraction of sp³-hybridized carbons (Fsp3) is 0.381. The van der Waals surface area contributed by atoms with Gasteiger partial charge < -0.3 is 24.8 Å². The van der Waals surface area contributed by atoms with Crippen molar-refractivity contribution in [2.75, 3.05) is 6.61 Å². The number of fused-ring (bicyclic) bond motifs is 1. The van der Waals surface area contributed by atoms with E-state index in [0.29, 0.717) is 0 Å². The van der Waals surface area contributed by atoms with Crippen LogP contribution in [-0.2, 0) is 20.9 Å². The Balaban J connectivity index is 1.94. The molecule has 0 aliphatic heterocycles. The molecule has 0 spiro atoms. The summed E-state index contributed by atoms with van der Waals surface area (Å²) in [6.07, 6.45) is -1.46. The number of hydrogen-bond acceptors (Lipinski definition) is 7. The molecule has 150 valence electrons. The summed E-state index contributed by atoms with van der Waals surface area (Å²) in [7, 11) is 0. The first kappa shape index (κ1) is 20.5. The van der Waals surface area contributed by atoms with Crippen molar-refractivity contribution in [2.24, 2.45) is 0 Å². The Bertz CT molecular complexity index is 868. The molecule has 0 fully saturated rings. The molecule has 1 heterocycles. The maximum Gasteiger partial charge on any atom is 0.342 e. The van der Waals surface area contributed by atoms with Crippen molar-refractivity contribution in [3.8, 4) is 0 Å². The van der Waals surface area contributed by atoms with Crippen LogP contribution in [0.15, 0.2) is 54.3 Å². The summed E-state index contributed by atoms with van der Waals surface area (Å²) in [5.74, 6) is -0.882. The van der Waals surface area contributed by atoms with E-state index < -0.39 is 23.8 Å². The lowest BCUT2D eigenvalue weighted by Crippen LogP contribution is -2.52. The molecule has 1 aliphatic carbocycles. The van der Waals surface area contributed by atoms with E-state index in [1.54, 1.807) is 18.3 Å². The minimum absolute atomic E-state index is 0.00772. The first-order valence-electron chi connectivity index (χ1n) is 9.11. The van der Waals surface area contributed by atoms with Gasteiger partial charge in [-0.2, -0.15) is 0 Å². The van der Waals surface area contributed by atoms with Crippen molar-refractivity contribution in [2.45, 2.75) is 44.2 Å². The predicted molar refractivity (Wildman–Crippen MR) is 107 cm³/mol. The van der Waals surface area contributed by atoms with Crippen molar-refractivity contribution in [1.29, 1.82) is 0 Å². The zero-order valence-electron chi connectivity index (χ0n) is 15.6. The van der Waals surface area contributed by atoms with Crippen LogP contribution in [0.2, 0.25) is 0 Å².